The normalized spacial score (nSPS) is 11.0. The van der Waals surface area contributed by atoms with E-state index in [4.69, 9.17) is 9.15 Å². The summed E-state index contributed by atoms with van der Waals surface area (Å²) in [5, 5.41) is 13.4. The molecule has 0 saturated heterocycles. The second-order valence-corrected chi connectivity index (χ2v) is 5.20. The van der Waals surface area contributed by atoms with E-state index in [2.05, 4.69) is 5.32 Å². The smallest absolute Gasteiger partial charge is 0.433 e. The maximum atomic E-state index is 12.1. The van der Waals surface area contributed by atoms with Gasteiger partial charge in [-0.3, -0.25) is 14.9 Å². The number of nitrogens with one attached hydrogen (secondary N) is 1. The van der Waals surface area contributed by atoms with Crippen molar-refractivity contribution in [2.24, 2.45) is 0 Å². The molecular weight excluding hydrogens is 288 g/mol. The molecule has 116 valence electrons. The van der Waals surface area contributed by atoms with Gasteiger partial charge in [0.05, 0.1) is 18.7 Å². The SMILES string of the molecule is COc1ccc(C(C)(C)NC(=O)c2ccc([N+](=O)[O-])o2)cc1. The van der Waals surface area contributed by atoms with E-state index >= 15 is 0 Å². The number of carbonyl (C=O) groups is 1. The average molecular weight is 304 g/mol. The number of benzene rings is 1. The molecule has 0 spiro atoms. The van der Waals surface area contributed by atoms with Crippen LogP contribution in [0.5, 0.6) is 5.75 Å². The van der Waals surface area contributed by atoms with Crippen molar-refractivity contribution in [2.45, 2.75) is 19.4 Å². The number of amides is 1. The van der Waals surface area contributed by atoms with Crippen molar-refractivity contribution >= 4 is 11.8 Å². The summed E-state index contributed by atoms with van der Waals surface area (Å²) in [6, 6.07) is 9.68. The topological polar surface area (TPSA) is 94.6 Å². The van der Waals surface area contributed by atoms with E-state index in [-0.39, 0.29) is 5.76 Å². The van der Waals surface area contributed by atoms with Crippen LogP contribution >= 0.6 is 0 Å². The first-order chi connectivity index (χ1) is 10.3. The van der Waals surface area contributed by atoms with Gasteiger partial charge in [0.25, 0.3) is 5.91 Å². The number of methoxy groups -OCH3 is 1. The first-order valence-electron chi connectivity index (χ1n) is 6.55. The Morgan fingerprint density at radius 1 is 1.23 bits per heavy atom. The highest BCUT2D eigenvalue weighted by Crippen LogP contribution is 2.24. The highest BCUT2D eigenvalue weighted by atomic mass is 16.6. The van der Waals surface area contributed by atoms with E-state index in [0.717, 1.165) is 11.6 Å². The summed E-state index contributed by atoms with van der Waals surface area (Å²) in [6.45, 7) is 3.65. The quantitative estimate of drug-likeness (QED) is 0.677. The second kappa shape index (κ2) is 5.88. The minimum Gasteiger partial charge on any atom is -0.497 e. The van der Waals surface area contributed by atoms with Crippen molar-refractivity contribution in [1.29, 1.82) is 0 Å². The van der Waals surface area contributed by atoms with E-state index in [9.17, 15) is 14.9 Å². The first-order valence-corrected chi connectivity index (χ1v) is 6.55. The summed E-state index contributed by atoms with van der Waals surface area (Å²) in [5.41, 5.74) is 0.188. The molecule has 2 rings (SSSR count). The number of ether oxygens (including phenoxy) is 1. The van der Waals surface area contributed by atoms with E-state index in [1.165, 1.54) is 6.07 Å². The van der Waals surface area contributed by atoms with E-state index in [1.54, 1.807) is 19.2 Å². The summed E-state index contributed by atoms with van der Waals surface area (Å²) in [6.07, 6.45) is 0. The highest BCUT2D eigenvalue weighted by molar-refractivity contribution is 5.92. The molecule has 2 aromatic rings. The van der Waals surface area contributed by atoms with Gasteiger partial charge in [-0.25, -0.2) is 0 Å². The van der Waals surface area contributed by atoms with Crippen molar-refractivity contribution in [3.63, 3.8) is 0 Å². The minimum atomic E-state index is -0.689. The molecule has 7 nitrogen and oxygen atoms in total. The number of hydrogen-bond donors (Lipinski definition) is 1. The van der Waals surface area contributed by atoms with E-state index in [0.29, 0.717) is 5.75 Å². The van der Waals surface area contributed by atoms with Gasteiger partial charge in [0.1, 0.15) is 10.7 Å². The predicted molar refractivity (Wildman–Crippen MR) is 78.8 cm³/mol. The van der Waals surface area contributed by atoms with Crippen molar-refractivity contribution < 1.29 is 18.9 Å². The molecule has 0 aliphatic rings. The molecular formula is C15H16N2O5. The van der Waals surface area contributed by atoms with Crippen LogP contribution < -0.4 is 10.1 Å². The Morgan fingerprint density at radius 3 is 2.36 bits per heavy atom. The number of nitrogens with zero attached hydrogens (tertiary/aromatic N) is 1. The molecule has 0 aliphatic heterocycles. The summed E-state index contributed by atoms with van der Waals surface area (Å²) in [5.74, 6) is -0.373. The molecule has 1 heterocycles. The van der Waals surface area contributed by atoms with Gasteiger partial charge in [-0.05, 0) is 37.6 Å². The van der Waals surface area contributed by atoms with Gasteiger partial charge in [-0.1, -0.05) is 12.1 Å². The zero-order valence-electron chi connectivity index (χ0n) is 12.5. The first kappa shape index (κ1) is 15.6. The fraction of sp³-hybridized carbons (Fsp3) is 0.267. The molecule has 0 unspecified atom stereocenters. The number of furan rings is 1. The third kappa shape index (κ3) is 3.25. The van der Waals surface area contributed by atoms with Crippen molar-refractivity contribution in [2.75, 3.05) is 7.11 Å². The largest absolute Gasteiger partial charge is 0.497 e. The molecule has 22 heavy (non-hydrogen) atoms. The minimum absolute atomic E-state index is 0.103. The van der Waals surface area contributed by atoms with Gasteiger partial charge in [0.15, 0.2) is 5.76 Å². The maximum Gasteiger partial charge on any atom is 0.433 e. The lowest BCUT2D eigenvalue weighted by Gasteiger charge is -2.26. The molecule has 1 N–H and O–H groups in total. The fourth-order valence-corrected chi connectivity index (χ4v) is 1.97. The van der Waals surface area contributed by atoms with Crippen LogP contribution in [0.4, 0.5) is 5.88 Å². The summed E-state index contributed by atoms with van der Waals surface area (Å²) in [7, 11) is 1.58. The Morgan fingerprint density at radius 2 is 1.86 bits per heavy atom. The Hall–Kier alpha value is -2.83. The lowest BCUT2D eigenvalue weighted by Crippen LogP contribution is -2.40. The van der Waals surface area contributed by atoms with Crippen molar-refractivity contribution in [1.82, 2.24) is 5.32 Å². The monoisotopic (exact) mass is 304 g/mol. The van der Waals surface area contributed by atoms with Gasteiger partial charge >= 0.3 is 5.88 Å². The molecule has 1 aromatic heterocycles. The zero-order valence-corrected chi connectivity index (χ0v) is 12.5. The summed E-state index contributed by atoms with van der Waals surface area (Å²) >= 11 is 0. The molecule has 0 radical (unpaired) electrons. The van der Waals surface area contributed by atoms with Gasteiger partial charge in [0, 0.05) is 0 Å². The average Bonchev–Trinajstić information content (AvgIpc) is 2.97. The molecule has 1 aromatic carbocycles. The lowest BCUT2D eigenvalue weighted by atomic mass is 9.94. The Kier molecular flexibility index (Phi) is 4.16. The third-order valence-corrected chi connectivity index (χ3v) is 3.23. The zero-order chi connectivity index (χ0) is 16.3. The Labute approximate surface area is 127 Å². The molecule has 0 fully saturated rings. The number of nitro groups is 1. The van der Waals surface area contributed by atoms with Crippen LogP contribution in [0.3, 0.4) is 0 Å². The van der Waals surface area contributed by atoms with Crippen LogP contribution in [-0.4, -0.2) is 17.9 Å². The van der Waals surface area contributed by atoms with Gasteiger partial charge in [0.2, 0.25) is 0 Å². The van der Waals surface area contributed by atoms with Crippen LogP contribution in [-0.2, 0) is 5.54 Å². The fourth-order valence-electron chi connectivity index (χ4n) is 1.97. The standard InChI is InChI=1S/C15H16N2O5/c1-15(2,10-4-6-11(21-3)7-5-10)16-14(18)12-8-9-13(22-12)17(19)20/h4-9H,1-3H3,(H,16,18). The Balaban J connectivity index is 2.15. The Bertz CT molecular complexity index is 688. The molecule has 1 amide bonds. The van der Waals surface area contributed by atoms with Crippen LogP contribution in [0.1, 0.15) is 30.0 Å². The van der Waals surface area contributed by atoms with Gasteiger partial charge < -0.3 is 14.5 Å². The molecule has 0 saturated carbocycles. The van der Waals surface area contributed by atoms with Crippen LogP contribution in [0.25, 0.3) is 0 Å². The molecule has 0 bridgehead atoms. The number of rotatable bonds is 5. The lowest BCUT2D eigenvalue weighted by molar-refractivity contribution is -0.402. The van der Waals surface area contributed by atoms with Crippen LogP contribution in [0, 0.1) is 10.1 Å². The molecule has 7 heteroatoms. The van der Waals surface area contributed by atoms with E-state index in [1.807, 2.05) is 26.0 Å². The highest BCUT2D eigenvalue weighted by Gasteiger charge is 2.26. The van der Waals surface area contributed by atoms with Gasteiger partial charge in [-0.2, -0.15) is 0 Å². The summed E-state index contributed by atoms with van der Waals surface area (Å²) in [4.78, 5) is 22.0. The van der Waals surface area contributed by atoms with Crippen molar-refractivity contribution in [3.05, 3.63) is 57.8 Å². The summed E-state index contributed by atoms with van der Waals surface area (Å²) < 4.78 is 9.99. The van der Waals surface area contributed by atoms with Gasteiger partial charge in [-0.15, -0.1) is 0 Å². The maximum absolute atomic E-state index is 12.1. The molecule has 0 atom stereocenters. The van der Waals surface area contributed by atoms with Crippen LogP contribution in [0.2, 0.25) is 0 Å². The number of hydrogen-bond acceptors (Lipinski definition) is 5. The molecule has 0 aliphatic carbocycles. The number of carbonyl (C=O) groups excluding carboxylic acids is 1. The van der Waals surface area contributed by atoms with Crippen molar-refractivity contribution in [3.8, 4) is 5.75 Å². The second-order valence-electron chi connectivity index (χ2n) is 5.20. The van der Waals surface area contributed by atoms with Crippen LogP contribution in [0.15, 0.2) is 40.8 Å². The third-order valence-electron chi connectivity index (χ3n) is 3.23. The predicted octanol–water partition coefficient (Wildman–Crippen LogP) is 2.86. The van der Waals surface area contributed by atoms with E-state index < -0.39 is 22.3 Å².